The normalized spacial score (nSPS) is 27.2. The summed E-state index contributed by atoms with van der Waals surface area (Å²) in [5, 5.41) is 12.7. The first kappa shape index (κ1) is 37.6. The van der Waals surface area contributed by atoms with Crippen molar-refractivity contribution in [1.82, 2.24) is 15.1 Å². The van der Waals surface area contributed by atoms with Gasteiger partial charge >= 0.3 is 0 Å². The zero-order valence-corrected chi connectivity index (χ0v) is 34.4. The number of anilines is 2. The first-order valence-corrected chi connectivity index (χ1v) is 22.4. The molecule has 1 spiro atoms. The third-order valence-corrected chi connectivity index (χ3v) is 15.5. The van der Waals surface area contributed by atoms with Gasteiger partial charge in [-0.05, 0) is 133 Å². The second-order valence-corrected chi connectivity index (χ2v) is 18.9. The number of hydrogen-bond donors (Lipinski definition) is 2. The van der Waals surface area contributed by atoms with E-state index in [4.69, 9.17) is 4.74 Å². The van der Waals surface area contributed by atoms with Crippen molar-refractivity contribution in [1.29, 1.82) is 0 Å². The van der Waals surface area contributed by atoms with Gasteiger partial charge in [0.1, 0.15) is 24.1 Å². The number of imide groups is 1. The van der Waals surface area contributed by atoms with Gasteiger partial charge in [0.2, 0.25) is 11.8 Å². The fourth-order valence-corrected chi connectivity index (χ4v) is 12.4. The lowest BCUT2D eigenvalue weighted by atomic mass is 9.69. The second kappa shape index (κ2) is 15.0. The Hall–Kier alpha value is -5.35. The average molecular weight is 806 g/mol. The molecule has 4 aromatic rings. The molecule has 10 nitrogen and oxygen atoms in total. The number of amides is 3. The predicted molar refractivity (Wildman–Crippen MR) is 231 cm³/mol. The van der Waals surface area contributed by atoms with Crippen LogP contribution in [0.5, 0.6) is 11.5 Å². The van der Waals surface area contributed by atoms with E-state index in [2.05, 4.69) is 86.7 Å². The Morgan fingerprint density at radius 3 is 2.43 bits per heavy atom. The van der Waals surface area contributed by atoms with Crippen molar-refractivity contribution < 1.29 is 24.2 Å². The van der Waals surface area contributed by atoms with Crippen molar-refractivity contribution >= 4 is 29.1 Å². The number of carbonyl (C=O) groups is 3. The number of aromatic hydroxyl groups is 1. The van der Waals surface area contributed by atoms with Gasteiger partial charge in [0, 0.05) is 69.4 Å². The maximum absolute atomic E-state index is 13.4. The van der Waals surface area contributed by atoms with E-state index in [1.54, 1.807) is 4.90 Å². The molecular formula is C50H55N5O5. The SMILES string of the molecule is O=C1CCC(N2Cc3cc4c(cc3C2=O)OC[C@@H]2CN(CC3CCC5(CCN(c6ccc([C@@H]7c8ccc(O)cc8CC[C@@H]7c7ccccc7)cc6)CC5)C3)CCN42)C(=O)N1. The number of phenols is 1. The smallest absolute Gasteiger partial charge is 0.255 e. The Balaban J connectivity index is 0.699. The van der Waals surface area contributed by atoms with Gasteiger partial charge in [-0.25, -0.2) is 0 Å². The number of carbonyl (C=O) groups excluding carboxylic acids is 3. The molecule has 3 amide bonds. The van der Waals surface area contributed by atoms with Crippen LogP contribution in [-0.4, -0.2) is 90.6 Å². The lowest BCUT2D eigenvalue weighted by Crippen LogP contribution is -2.57. The molecule has 5 atom stereocenters. The number of hydrogen-bond acceptors (Lipinski definition) is 8. The highest BCUT2D eigenvalue weighted by molar-refractivity contribution is 6.06. The van der Waals surface area contributed by atoms with Gasteiger partial charge in [-0.1, -0.05) is 48.5 Å². The second-order valence-electron chi connectivity index (χ2n) is 18.9. The third-order valence-electron chi connectivity index (χ3n) is 15.5. The minimum Gasteiger partial charge on any atom is -0.508 e. The van der Waals surface area contributed by atoms with Crippen LogP contribution in [0.15, 0.2) is 84.9 Å². The van der Waals surface area contributed by atoms with Crippen LogP contribution in [-0.2, 0) is 22.6 Å². The predicted octanol–water partition coefficient (Wildman–Crippen LogP) is 6.99. The summed E-state index contributed by atoms with van der Waals surface area (Å²) in [5.41, 5.74) is 9.75. The van der Waals surface area contributed by atoms with Crippen LogP contribution >= 0.6 is 0 Å². The molecule has 5 aliphatic heterocycles. The van der Waals surface area contributed by atoms with Crippen LogP contribution in [0.1, 0.15) is 101 Å². The van der Waals surface area contributed by atoms with Crippen LogP contribution in [0.2, 0.25) is 0 Å². The Morgan fingerprint density at radius 1 is 0.783 bits per heavy atom. The lowest BCUT2D eigenvalue weighted by Gasteiger charge is -2.46. The van der Waals surface area contributed by atoms with E-state index in [1.807, 2.05) is 18.2 Å². The number of fused-ring (bicyclic) bond motifs is 5. The number of rotatable bonds is 6. The molecule has 2 aliphatic carbocycles. The van der Waals surface area contributed by atoms with Crippen molar-refractivity contribution in [2.24, 2.45) is 11.3 Å². The summed E-state index contributed by atoms with van der Waals surface area (Å²) in [6.07, 6.45) is 9.16. The molecular weight excluding hydrogens is 751 g/mol. The van der Waals surface area contributed by atoms with Crippen LogP contribution in [0.3, 0.4) is 0 Å². The summed E-state index contributed by atoms with van der Waals surface area (Å²) in [7, 11) is 0. The minimum atomic E-state index is -0.616. The topological polar surface area (TPSA) is 106 Å². The van der Waals surface area contributed by atoms with Gasteiger partial charge in [0.15, 0.2) is 0 Å². The van der Waals surface area contributed by atoms with Crippen LogP contribution in [0.4, 0.5) is 11.4 Å². The highest BCUT2D eigenvalue weighted by Crippen LogP contribution is 2.51. The summed E-state index contributed by atoms with van der Waals surface area (Å²) >= 11 is 0. The van der Waals surface area contributed by atoms with Crippen molar-refractivity contribution in [2.45, 2.75) is 88.3 Å². The number of phenolic OH excluding ortho intramolecular Hbond substituents is 1. The fourth-order valence-electron chi connectivity index (χ4n) is 12.4. The molecule has 4 aromatic carbocycles. The fraction of sp³-hybridized carbons (Fsp3) is 0.460. The van der Waals surface area contributed by atoms with E-state index in [1.165, 1.54) is 60.0 Å². The van der Waals surface area contributed by atoms with Gasteiger partial charge < -0.3 is 24.5 Å². The first-order chi connectivity index (χ1) is 29.3. The van der Waals surface area contributed by atoms with Gasteiger partial charge in [0.25, 0.3) is 5.91 Å². The summed E-state index contributed by atoms with van der Waals surface area (Å²) in [5.74, 6) is 1.70. The van der Waals surface area contributed by atoms with E-state index >= 15 is 0 Å². The largest absolute Gasteiger partial charge is 0.508 e. The number of benzene rings is 4. The first-order valence-electron chi connectivity index (χ1n) is 22.4. The Labute approximate surface area is 352 Å². The number of aryl methyl sites for hydroxylation is 1. The summed E-state index contributed by atoms with van der Waals surface area (Å²) < 4.78 is 6.34. The molecule has 7 aliphatic rings. The quantitative estimate of drug-likeness (QED) is 0.201. The van der Waals surface area contributed by atoms with Crippen molar-refractivity contribution in [2.75, 3.05) is 55.7 Å². The summed E-state index contributed by atoms with van der Waals surface area (Å²) in [4.78, 5) is 47.1. The lowest BCUT2D eigenvalue weighted by molar-refractivity contribution is -0.136. The number of nitrogens with one attached hydrogen (secondary N) is 1. The third kappa shape index (κ3) is 6.71. The minimum absolute atomic E-state index is 0.158. The van der Waals surface area contributed by atoms with Gasteiger partial charge in [-0.3, -0.25) is 24.6 Å². The summed E-state index contributed by atoms with van der Waals surface area (Å²) in [6, 6.07) is 30.0. The highest BCUT2D eigenvalue weighted by Gasteiger charge is 2.44. The molecule has 60 heavy (non-hydrogen) atoms. The molecule has 3 saturated heterocycles. The number of nitrogens with zero attached hydrogens (tertiary/aromatic N) is 4. The standard InChI is InChI=1S/C50H55N5O5/c56-39-11-13-41-35(24-39)8-12-40(33-4-2-1-3-5-33)47(41)34-6-9-37(10-7-34)53-20-18-50(19-21-53)17-16-32(27-50)28-52-22-23-54-38(30-52)31-60-45-26-42-36(25-44(45)54)29-55(49(42)59)43-14-15-46(57)51-48(43)58/h1-7,9-11,13,24-26,32,38,40,43,47,56H,8,12,14-23,27-31H2,(H,51,57,58)/t32?,38-,40+,43?,47-/m0/s1. The molecule has 310 valence electrons. The van der Waals surface area contributed by atoms with E-state index < -0.39 is 6.04 Å². The molecule has 10 heteroatoms. The summed E-state index contributed by atoms with van der Waals surface area (Å²) in [6.45, 7) is 7.28. The van der Waals surface area contributed by atoms with Crippen LogP contribution < -0.4 is 19.9 Å². The maximum Gasteiger partial charge on any atom is 0.255 e. The zero-order valence-electron chi connectivity index (χ0n) is 34.4. The molecule has 0 aromatic heterocycles. The Morgan fingerprint density at radius 2 is 1.62 bits per heavy atom. The molecule has 0 radical (unpaired) electrons. The van der Waals surface area contributed by atoms with E-state index in [-0.39, 0.29) is 36.1 Å². The molecule has 2 N–H and O–H groups in total. The molecule has 11 rings (SSSR count). The maximum atomic E-state index is 13.4. The van der Waals surface area contributed by atoms with Crippen molar-refractivity contribution in [3.63, 3.8) is 0 Å². The monoisotopic (exact) mass is 805 g/mol. The molecule has 5 heterocycles. The number of piperazine rings is 1. The molecule has 1 saturated carbocycles. The molecule has 4 fully saturated rings. The van der Waals surface area contributed by atoms with Crippen LogP contribution in [0, 0.1) is 11.3 Å². The van der Waals surface area contributed by atoms with Crippen LogP contribution in [0.25, 0.3) is 0 Å². The van der Waals surface area contributed by atoms with Gasteiger partial charge in [0.05, 0.1) is 11.7 Å². The molecule has 0 bridgehead atoms. The number of piperidine rings is 2. The number of ether oxygens (including phenoxy) is 1. The Kier molecular flexibility index (Phi) is 9.39. The van der Waals surface area contributed by atoms with E-state index in [0.717, 1.165) is 75.0 Å². The van der Waals surface area contributed by atoms with E-state index in [0.29, 0.717) is 42.2 Å². The average Bonchev–Trinajstić information content (AvgIpc) is 3.81. The Bertz CT molecular complexity index is 2320. The van der Waals surface area contributed by atoms with Gasteiger partial charge in [-0.15, -0.1) is 0 Å². The van der Waals surface area contributed by atoms with Gasteiger partial charge in [-0.2, -0.15) is 0 Å². The van der Waals surface area contributed by atoms with Crippen molar-refractivity contribution in [3.8, 4) is 11.5 Å². The highest BCUT2D eigenvalue weighted by atomic mass is 16.5. The molecule has 2 unspecified atom stereocenters. The van der Waals surface area contributed by atoms with E-state index in [9.17, 15) is 19.5 Å². The zero-order chi connectivity index (χ0) is 40.5. The van der Waals surface area contributed by atoms with Crippen molar-refractivity contribution in [3.05, 3.63) is 118 Å².